The van der Waals surface area contributed by atoms with Crippen LogP contribution < -0.4 is 5.32 Å². The van der Waals surface area contributed by atoms with E-state index in [0.29, 0.717) is 41.9 Å². The Kier molecular flexibility index (Phi) is 8.70. The van der Waals surface area contributed by atoms with E-state index in [1.165, 1.54) is 12.8 Å². The number of carboxylic acid groups (broad SMARTS) is 1. The number of fused-ring (bicyclic) bond motifs is 5. The second-order valence-corrected chi connectivity index (χ2v) is 12.1. The minimum Gasteiger partial charge on any atom is -0.480 e. The van der Waals surface area contributed by atoms with Crippen molar-refractivity contribution < 1.29 is 24.9 Å². The molecule has 1 radical (unpaired) electrons. The fraction of sp³-hybridized carbons (Fsp3) is 0.923. The Hall–Kier alpha value is -0.140. The monoisotopic (exact) mass is 472 g/mol. The van der Waals surface area contributed by atoms with Crippen molar-refractivity contribution in [2.24, 2.45) is 46.3 Å². The SMILES string of the molecule is CC(CCC(=O)NCC(=O)O)C1CCC2C3CCC4CC(O)CCC4(C)C3CC(O)C12C.[Na]. The third kappa shape index (κ3) is 4.94. The van der Waals surface area contributed by atoms with Crippen molar-refractivity contribution in [2.45, 2.75) is 97.2 Å². The van der Waals surface area contributed by atoms with E-state index in [4.69, 9.17) is 5.11 Å². The van der Waals surface area contributed by atoms with Crippen molar-refractivity contribution in [2.75, 3.05) is 6.54 Å². The summed E-state index contributed by atoms with van der Waals surface area (Å²) in [6.45, 7) is 6.65. The first-order valence-corrected chi connectivity index (χ1v) is 12.9. The van der Waals surface area contributed by atoms with Crippen LogP contribution in [0.4, 0.5) is 0 Å². The number of amides is 1. The van der Waals surface area contributed by atoms with Gasteiger partial charge in [-0.15, -0.1) is 0 Å². The van der Waals surface area contributed by atoms with Gasteiger partial charge in [-0.3, -0.25) is 9.59 Å². The Labute approximate surface area is 221 Å². The molecular weight excluding hydrogens is 429 g/mol. The van der Waals surface area contributed by atoms with Crippen LogP contribution in [0.15, 0.2) is 0 Å². The molecule has 0 aromatic heterocycles. The van der Waals surface area contributed by atoms with Crippen molar-refractivity contribution >= 4 is 41.4 Å². The van der Waals surface area contributed by atoms with Crippen molar-refractivity contribution in [1.82, 2.24) is 5.32 Å². The van der Waals surface area contributed by atoms with E-state index in [9.17, 15) is 19.8 Å². The fourth-order valence-corrected chi connectivity index (χ4v) is 8.98. The third-order valence-electron chi connectivity index (χ3n) is 10.8. The largest absolute Gasteiger partial charge is 0.480 e. The molecule has 183 valence electrons. The van der Waals surface area contributed by atoms with Crippen LogP contribution in [0.2, 0.25) is 0 Å². The summed E-state index contributed by atoms with van der Waals surface area (Å²) in [5, 5.41) is 33.0. The molecule has 0 aromatic carbocycles. The molecule has 4 rings (SSSR count). The number of hydrogen-bond donors (Lipinski definition) is 4. The summed E-state index contributed by atoms with van der Waals surface area (Å²) >= 11 is 0. The summed E-state index contributed by atoms with van der Waals surface area (Å²) < 4.78 is 0. The smallest absolute Gasteiger partial charge is 0.322 e. The molecule has 0 aromatic rings. The van der Waals surface area contributed by atoms with E-state index >= 15 is 0 Å². The molecule has 0 aliphatic heterocycles. The standard InChI is InChI=1S/C26H43NO5.Na/c1-15(4-9-23(30)27-14-24(31)32)19-7-8-20-18-6-5-16-12-17(28)10-11-25(16,2)21(18)13-22(29)26(19,20)3;/h15-22,28-29H,4-14H2,1-3H3,(H,27,30)(H,31,32);. The summed E-state index contributed by atoms with van der Waals surface area (Å²) in [4.78, 5) is 22.7. The minimum absolute atomic E-state index is 0. The van der Waals surface area contributed by atoms with Gasteiger partial charge in [0.25, 0.3) is 0 Å². The zero-order valence-corrected chi connectivity index (χ0v) is 23.1. The quantitative estimate of drug-likeness (QED) is 0.444. The van der Waals surface area contributed by atoms with E-state index in [2.05, 4.69) is 26.1 Å². The maximum absolute atomic E-state index is 12.0. The van der Waals surface area contributed by atoms with Gasteiger partial charge in [0, 0.05) is 36.0 Å². The zero-order chi connectivity index (χ0) is 23.3. The molecule has 7 heteroatoms. The van der Waals surface area contributed by atoms with Crippen molar-refractivity contribution in [3.8, 4) is 0 Å². The Morgan fingerprint density at radius 1 is 1.03 bits per heavy atom. The van der Waals surface area contributed by atoms with Crippen LogP contribution >= 0.6 is 0 Å². The maximum Gasteiger partial charge on any atom is 0.322 e. The van der Waals surface area contributed by atoms with Gasteiger partial charge in [-0.25, -0.2) is 0 Å². The molecule has 6 nitrogen and oxygen atoms in total. The summed E-state index contributed by atoms with van der Waals surface area (Å²) in [6, 6.07) is 0. The molecule has 10 unspecified atom stereocenters. The molecule has 0 bridgehead atoms. The van der Waals surface area contributed by atoms with E-state index in [-0.39, 0.29) is 65.0 Å². The van der Waals surface area contributed by atoms with Crippen LogP contribution in [0.5, 0.6) is 0 Å². The van der Waals surface area contributed by atoms with E-state index in [0.717, 1.165) is 44.9 Å². The summed E-state index contributed by atoms with van der Waals surface area (Å²) in [6.07, 6.45) is 9.12. The first-order valence-electron chi connectivity index (χ1n) is 12.9. The number of hydrogen-bond acceptors (Lipinski definition) is 4. The second kappa shape index (κ2) is 10.5. The Bertz CT molecular complexity index is 733. The normalized spacial score (nSPS) is 45.1. The minimum atomic E-state index is -1.02. The Morgan fingerprint density at radius 3 is 2.45 bits per heavy atom. The molecule has 4 saturated carbocycles. The van der Waals surface area contributed by atoms with Crippen LogP contribution in [0, 0.1) is 46.3 Å². The van der Waals surface area contributed by atoms with Gasteiger partial charge in [0.15, 0.2) is 0 Å². The molecule has 33 heavy (non-hydrogen) atoms. The number of carbonyl (C=O) groups is 2. The number of nitrogens with one attached hydrogen (secondary N) is 1. The number of aliphatic hydroxyl groups is 2. The van der Waals surface area contributed by atoms with Crippen molar-refractivity contribution in [1.29, 1.82) is 0 Å². The third-order valence-corrected chi connectivity index (χ3v) is 10.8. The molecule has 4 N–H and O–H groups in total. The topological polar surface area (TPSA) is 107 Å². The van der Waals surface area contributed by atoms with Crippen LogP contribution in [0.25, 0.3) is 0 Å². The number of aliphatic carboxylic acids is 1. The van der Waals surface area contributed by atoms with Gasteiger partial charge in [0.1, 0.15) is 6.54 Å². The molecule has 0 saturated heterocycles. The van der Waals surface area contributed by atoms with Crippen LogP contribution in [-0.2, 0) is 9.59 Å². The summed E-state index contributed by atoms with van der Waals surface area (Å²) in [5.41, 5.74) is 0.145. The molecule has 0 spiro atoms. The maximum atomic E-state index is 12.0. The number of carbonyl (C=O) groups excluding carboxylic acids is 1. The average Bonchev–Trinajstić information content (AvgIpc) is 3.10. The number of aliphatic hydroxyl groups excluding tert-OH is 2. The molecule has 0 heterocycles. The van der Waals surface area contributed by atoms with Crippen molar-refractivity contribution in [3.05, 3.63) is 0 Å². The molecular formula is C26H43NNaO5. The fourth-order valence-electron chi connectivity index (χ4n) is 8.98. The first kappa shape index (κ1) is 27.4. The molecule has 4 aliphatic carbocycles. The van der Waals surface area contributed by atoms with Gasteiger partial charge in [-0.05, 0) is 104 Å². The van der Waals surface area contributed by atoms with Crippen LogP contribution in [-0.4, -0.2) is 75.5 Å². The van der Waals surface area contributed by atoms with E-state index in [1.54, 1.807) is 0 Å². The Morgan fingerprint density at radius 2 is 1.76 bits per heavy atom. The molecule has 4 fully saturated rings. The predicted molar refractivity (Wildman–Crippen MR) is 127 cm³/mol. The summed E-state index contributed by atoms with van der Waals surface area (Å²) in [7, 11) is 0. The van der Waals surface area contributed by atoms with E-state index < -0.39 is 5.97 Å². The number of rotatable bonds is 6. The molecule has 1 amide bonds. The van der Waals surface area contributed by atoms with Gasteiger partial charge in [0.05, 0.1) is 12.2 Å². The average molecular weight is 473 g/mol. The zero-order valence-electron chi connectivity index (χ0n) is 21.1. The number of carboxylic acids is 1. The van der Waals surface area contributed by atoms with Gasteiger partial charge < -0.3 is 20.6 Å². The van der Waals surface area contributed by atoms with E-state index in [1.807, 2.05) is 0 Å². The van der Waals surface area contributed by atoms with Crippen LogP contribution in [0.3, 0.4) is 0 Å². The first-order chi connectivity index (χ1) is 15.1. The van der Waals surface area contributed by atoms with Gasteiger partial charge in [0.2, 0.25) is 5.91 Å². The summed E-state index contributed by atoms with van der Waals surface area (Å²) in [5.74, 6) is 1.84. The predicted octanol–water partition coefficient (Wildman–Crippen LogP) is 3.21. The van der Waals surface area contributed by atoms with Gasteiger partial charge in [-0.1, -0.05) is 20.8 Å². The molecule has 4 aliphatic rings. The van der Waals surface area contributed by atoms with Crippen LogP contribution in [0.1, 0.15) is 85.0 Å². The van der Waals surface area contributed by atoms with Gasteiger partial charge >= 0.3 is 5.97 Å². The molecule has 10 atom stereocenters. The van der Waals surface area contributed by atoms with Crippen molar-refractivity contribution in [3.63, 3.8) is 0 Å². The van der Waals surface area contributed by atoms with Gasteiger partial charge in [-0.2, -0.15) is 0 Å². The Balaban J connectivity index is 0.00000306. The second-order valence-electron chi connectivity index (χ2n) is 12.1.